The second-order valence-electron chi connectivity index (χ2n) is 2.91. The van der Waals surface area contributed by atoms with E-state index in [1.807, 2.05) is 0 Å². The first-order chi connectivity index (χ1) is 6.65. The van der Waals surface area contributed by atoms with Crippen LogP contribution in [0.1, 0.15) is 23.7 Å². The number of hydrogen-bond donors (Lipinski definition) is 2. The Morgan fingerprint density at radius 2 is 2.29 bits per heavy atom. The zero-order valence-electron chi connectivity index (χ0n) is 7.99. The molecule has 0 unspecified atom stereocenters. The van der Waals surface area contributed by atoms with Gasteiger partial charge < -0.3 is 10.8 Å². The summed E-state index contributed by atoms with van der Waals surface area (Å²) in [6.45, 7) is 2.06. The Hall–Kier alpha value is -1.16. The summed E-state index contributed by atoms with van der Waals surface area (Å²) in [5.41, 5.74) is 6.31. The molecule has 0 spiro atoms. The van der Waals surface area contributed by atoms with Crippen LogP contribution >= 0.6 is 11.8 Å². The van der Waals surface area contributed by atoms with Gasteiger partial charge in [-0.25, -0.2) is 4.79 Å². The van der Waals surface area contributed by atoms with Crippen molar-refractivity contribution in [1.29, 1.82) is 0 Å². The molecule has 4 heteroatoms. The highest BCUT2D eigenvalue weighted by atomic mass is 32.2. The highest BCUT2D eigenvalue weighted by molar-refractivity contribution is 7.99. The van der Waals surface area contributed by atoms with Crippen LogP contribution < -0.4 is 5.73 Å². The van der Waals surface area contributed by atoms with Crippen LogP contribution in [0.4, 0.5) is 5.69 Å². The lowest BCUT2D eigenvalue weighted by Gasteiger charge is -2.05. The highest BCUT2D eigenvalue weighted by Crippen LogP contribution is 2.25. The zero-order chi connectivity index (χ0) is 10.6. The normalized spacial score (nSPS) is 10.1. The maximum absolute atomic E-state index is 10.9. The summed E-state index contributed by atoms with van der Waals surface area (Å²) in [7, 11) is 0. The van der Waals surface area contributed by atoms with Gasteiger partial charge in [-0.3, -0.25) is 0 Å². The minimum absolute atomic E-state index is 0.295. The molecule has 0 heterocycles. The van der Waals surface area contributed by atoms with E-state index in [4.69, 9.17) is 10.8 Å². The van der Waals surface area contributed by atoms with Crippen LogP contribution in [0.15, 0.2) is 23.1 Å². The SMILES string of the molecule is CCCSc1ccc(N)cc1C(=O)O. The standard InChI is InChI=1S/C10H13NO2S/c1-2-5-14-9-4-3-7(11)6-8(9)10(12)13/h3-4,6H,2,5,11H2,1H3,(H,12,13). The first-order valence-corrected chi connectivity index (χ1v) is 5.39. The van der Waals surface area contributed by atoms with Gasteiger partial charge in [0.2, 0.25) is 0 Å². The molecule has 0 aliphatic carbocycles. The fraction of sp³-hybridized carbons (Fsp3) is 0.300. The van der Waals surface area contributed by atoms with Gasteiger partial charge >= 0.3 is 5.97 Å². The monoisotopic (exact) mass is 211 g/mol. The van der Waals surface area contributed by atoms with E-state index in [-0.39, 0.29) is 0 Å². The lowest BCUT2D eigenvalue weighted by molar-refractivity contribution is 0.0693. The zero-order valence-corrected chi connectivity index (χ0v) is 8.80. The maximum Gasteiger partial charge on any atom is 0.336 e. The summed E-state index contributed by atoms with van der Waals surface area (Å²) < 4.78 is 0. The van der Waals surface area contributed by atoms with E-state index in [1.165, 1.54) is 6.07 Å². The Bertz CT molecular complexity index is 339. The molecule has 0 aromatic heterocycles. The topological polar surface area (TPSA) is 63.3 Å². The van der Waals surface area contributed by atoms with E-state index in [1.54, 1.807) is 23.9 Å². The molecule has 0 radical (unpaired) electrons. The summed E-state index contributed by atoms with van der Waals surface area (Å²) in [4.78, 5) is 11.7. The van der Waals surface area contributed by atoms with Gasteiger partial charge in [0.15, 0.2) is 0 Å². The van der Waals surface area contributed by atoms with Crippen molar-refractivity contribution in [3.05, 3.63) is 23.8 Å². The predicted molar refractivity (Wildman–Crippen MR) is 58.8 cm³/mol. The van der Waals surface area contributed by atoms with Crippen LogP contribution in [-0.2, 0) is 0 Å². The second kappa shape index (κ2) is 4.91. The van der Waals surface area contributed by atoms with Gasteiger partial charge in [-0.1, -0.05) is 6.92 Å². The molecule has 1 aromatic rings. The molecule has 0 amide bonds. The Kier molecular flexibility index (Phi) is 3.83. The molecule has 0 saturated heterocycles. The largest absolute Gasteiger partial charge is 0.478 e. The Balaban J connectivity index is 2.96. The van der Waals surface area contributed by atoms with E-state index in [0.29, 0.717) is 11.3 Å². The number of aromatic carboxylic acids is 1. The molecular weight excluding hydrogens is 198 g/mol. The molecule has 0 bridgehead atoms. The summed E-state index contributed by atoms with van der Waals surface area (Å²) in [5.74, 6) is 0.000371. The average Bonchev–Trinajstić information content (AvgIpc) is 2.15. The van der Waals surface area contributed by atoms with Crippen molar-refractivity contribution >= 4 is 23.4 Å². The van der Waals surface area contributed by atoms with Crippen LogP contribution in [-0.4, -0.2) is 16.8 Å². The van der Waals surface area contributed by atoms with Gasteiger partial charge in [0.25, 0.3) is 0 Å². The highest BCUT2D eigenvalue weighted by Gasteiger charge is 2.09. The smallest absolute Gasteiger partial charge is 0.336 e. The van der Waals surface area contributed by atoms with E-state index < -0.39 is 5.97 Å². The van der Waals surface area contributed by atoms with Crippen molar-refractivity contribution in [3.8, 4) is 0 Å². The molecule has 0 atom stereocenters. The average molecular weight is 211 g/mol. The number of hydrogen-bond acceptors (Lipinski definition) is 3. The van der Waals surface area contributed by atoms with Crippen molar-refractivity contribution in [2.24, 2.45) is 0 Å². The molecule has 0 aliphatic heterocycles. The summed E-state index contributed by atoms with van der Waals surface area (Å²) in [5, 5.41) is 8.92. The molecule has 14 heavy (non-hydrogen) atoms. The van der Waals surface area contributed by atoms with Crippen molar-refractivity contribution < 1.29 is 9.90 Å². The molecular formula is C10H13NO2S. The van der Waals surface area contributed by atoms with Crippen molar-refractivity contribution in [2.45, 2.75) is 18.2 Å². The van der Waals surface area contributed by atoms with Gasteiger partial charge in [-0.2, -0.15) is 0 Å². The van der Waals surface area contributed by atoms with E-state index in [9.17, 15) is 4.79 Å². The second-order valence-corrected chi connectivity index (χ2v) is 4.05. The first kappa shape index (κ1) is 10.9. The first-order valence-electron chi connectivity index (χ1n) is 4.40. The lowest BCUT2D eigenvalue weighted by atomic mass is 10.2. The van der Waals surface area contributed by atoms with Crippen molar-refractivity contribution in [2.75, 3.05) is 11.5 Å². The lowest BCUT2D eigenvalue weighted by Crippen LogP contribution is -2.00. The molecule has 1 aromatic carbocycles. The number of thioether (sulfide) groups is 1. The summed E-state index contributed by atoms with van der Waals surface area (Å²) in [6.07, 6.45) is 1.02. The minimum atomic E-state index is -0.920. The predicted octanol–water partition coefficient (Wildman–Crippen LogP) is 2.47. The Morgan fingerprint density at radius 1 is 1.57 bits per heavy atom. The van der Waals surface area contributed by atoms with Crippen LogP contribution in [0.25, 0.3) is 0 Å². The summed E-state index contributed by atoms with van der Waals surface area (Å²) >= 11 is 1.55. The summed E-state index contributed by atoms with van der Waals surface area (Å²) in [6, 6.07) is 4.99. The molecule has 0 saturated carbocycles. The Labute approximate surface area is 87.3 Å². The van der Waals surface area contributed by atoms with E-state index in [0.717, 1.165) is 17.1 Å². The number of nitrogens with two attached hydrogens (primary N) is 1. The number of carboxylic acid groups (broad SMARTS) is 1. The molecule has 0 aliphatic rings. The van der Waals surface area contributed by atoms with Crippen molar-refractivity contribution in [1.82, 2.24) is 0 Å². The minimum Gasteiger partial charge on any atom is -0.478 e. The van der Waals surface area contributed by atoms with Crippen LogP contribution in [0.5, 0.6) is 0 Å². The van der Waals surface area contributed by atoms with Gasteiger partial charge in [0.1, 0.15) is 0 Å². The van der Waals surface area contributed by atoms with Crippen LogP contribution in [0.2, 0.25) is 0 Å². The molecule has 3 nitrogen and oxygen atoms in total. The Morgan fingerprint density at radius 3 is 2.86 bits per heavy atom. The van der Waals surface area contributed by atoms with Gasteiger partial charge in [0.05, 0.1) is 5.56 Å². The number of carboxylic acids is 1. The third kappa shape index (κ3) is 2.67. The van der Waals surface area contributed by atoms with Crippen LogP contribution in [0.3, 0.4) is 0 Å². The molecule has 1 rings (SSSR count). The molecule has 76 valence electrons. The fourth-order valence-electron chi connectivity index (χ4n) is 1.05. The quantitative estimate of drug-likeness (QED) is 0.593. The third-order valence-corrected chi connectivity index (χ3v) is 2.98. The maximum atomic E-state index is 10.9. The van der Waals surface area contributed by atoms with Gasteiger partial charge in [0, 0.05) is 10.6 Å². The fourth-order valence-corrected chi connectivity index (χ4v) is 1.94. The number of anilines is 1. The van der Waals surface area contributed by atoms with E-state index in [2.05, 4.69) is 6.92 Å². The van der Waals surface area contributed by atoms with E-state index >= 15 is 0 Å². The van der Waals surface area contributed by atoms with Gasteiger partial charge in [-0.15, -0.1) is 11.8 Å². The van der Waals surface area contributed by atoms with Crippen LogP contribution in [0, 0.1) is 0 Å². The molecule has 3 N–H and O–H groups in total. The number of rotatable bonds is 4. The number of nitrogen functional groups attached to an aromatic ring is 1. The number of carbonyl (C=O) groups is 1. The third-order valence-electron chi connectivity index (χ3n) is 1.70. The van der Waals surface area contributed by atoms with Gasteiger partial charge in [-0.05, 0) is 30.4 Å². The molecule has 0 fully saturated rings. The van der Waals surface area contributed by atoms with Crippen molar-refractivity contribution in [3.63, 3.8) is 0 Å². The number of benzene rings is 1.